The number of hydrogen-bond donors (Lipinski definition) is 0. The van der Waals surface area contributed by atoms with Gasteiger partial charge in [0.05, 0.1) is 23.6 Å². The Labute approximate surface area is 121 Å². The van der Waals surface area contributed by atoms with Gasteiger partial charge in [0.1, 0.15) is 5.82 Å². The summed E-state index contributed by atoms with van der Waals surface area (Å²) in [5.74, 6) is -1.48. The molecule has 1 aliphatic rings. The molecule has 1 amide bonds. The molecule has 0 N–H and O–H groups in total. The number of methoxy groups -OCH3 is 1. The van der Waals surface area contributed by atoms with E-state index in [4.69, 9.17) is 11.6 Å². The SMILES string of the molecule is COC(=O)C1CCN(C(=O)c2cc(F)c(C)cc2Cl)C1. The summed E-state index contributed by atoms with van der Waals surface area (Å²) in [5.41, 5.74) is 0.515. The number of nitrogens with zero attached hydrogens (tertiary/aromatic N) is 1. The Morgan fingerprint density at radius 3 is 2.80 bits per heavy atom. The second-order valence-electron chi connectivity index (χ2n) is 4.84. The second-order valence-corrected chi connectivity index (χ2v) is 5.25. The Hall–Kier alpha value is -1.62. The second kappa shape index (κ2) is 5.79. The summed E-state index contributed by atoms with van der Waals surface area (Å²) in [6.07, 6.45) is 0.546. The molecule has 1 aromatic rings. The maximum absolute atomic E-state index is 13.6. The van der Waals surface area contributed by atoms with Gasteiger partial charge in [-0.1, -0.05) is 11.6 Å². The predicted molar refractivity (Wildman–Crippen MR) is 72.2 cm³/mol. The molecule has 4 nitrogen and oxygen atoms in total. The van der Waals surface area contributed by atoms with Crippen LogP contribution in [-0.4, -0.2) is 37.0 Å². The summed E-state index contributed by atoms with van der Waals surface area (Å²) in [7, 11) is 1.32. The van der Waals surface area contributed by atoms with E-state index < -0.39 is 5.82 Å². The smallest absolute Gasteiger partial charge is 0.310 e. The van der Waals surface area contributed by atoms with Gasteiger partial charge in [-0.05, 0) is 31.0 Å². The lowest BCUT2D eigenvalue weighted by Crippen LogP contribution is -2.30. The molecule has 1 aliphatic heterocycles. The van der Waals surface area contributed by atoms with Crippen molar-refractivity contribution in [2.24, 2.45) is 5.92 Å². The number of likely N-dealkylation sites (tertiary alicyclic amines) is 1. The van der Waals surface area contributed by atoms with E-state index in [1.165, 1.54) is 18.1 Å². The average Bonchev–Trinajstić information content (AvgIpc) is 2.91. The van der Waals surface area contributed by atoms with Crippen LogP contribution in [0.5, 0.6) is 0 Å². The Morgan fingerprint density at radius 2 is 2.15 bits per heavy atom. The molecule has 1 atom stereocenters. The molecule has 0 spiro atoms. The van der Waals surface area contributed by atoms with Gasteiger partial charge >= 0.3 is 5.97 Å². The molecule has 0 saturated carbocycles. The van der Waals surface area contributed by atoms with Crippen molar-refractivity contribution in [2.45, 2.75) is 13.3 Å². The highest BCUT2D eigenvalue weighted by molar-refractivity contribution is 6.33. The zero-order valence-electron chi connectivity index (χ0n) is 11.3. The average molecular weight is 300 g/mol. The number of hydrogen-bond acceptors (Lipinski definition) is 3. The van der Waals surface area contributed by atoms with Crippen LogP contribution in [0, 0.1) is 18.7 Å². The fourth-order valence-corrected chi connectivity index (χ4v) is 2.58. The van der Waals surface area contributed by atoms with E-state index in [-0.39, 0.29) is 34.9 Å². The Bertz CT molecular complexity index is 562. The lowest BCUT2D eigenvalue weighted by molar-refractivity contribution is -0.144. The Kier molecular flexibility index (Phi) is 4.28. The number of benzene rings is 1. The third-order valence-corrected chi connectivity index (χ3v) is 3.80. The molecule has 1 unspecified atom stereocenters. The van der Waals surface area contributed by atoms with Crippen molar-refractivity contribution in [3.8, 4) is 0 Å². The molecule has 20 heavy (non-hydrogen) atoms. The molecule has 0 aliphatic carbocycles. The monoisotopic (exact) mass is 299 g/mol. The van der Waals surface area contributed by atoms with Crippen molar-refractivity contribution in [1.29, 1.82) is 0 Å². The van der Waals surface area contributed by atoms with Crippen molar-refractivity contribution >= 4 is 23.5 Å². The lowest BCUT2D eigenvalue weighted by Gasteiger charge is -2.17. The number of halogens is 2. The highest BCUT2D eigenvalue weighted by Gasteiger charge is 2.32. The first-order chi connectivity index (χ1) is 9.43. The third kappa shape index (κ3) is 2.77. The number of esters is 1. The van der Waals surface area contributed by atoms with Crippen LogP contribution >= 0.6 is 11.6 Å². The van der Waals surface area contributed by atoms with Crippen LogP contribution in [0.25, 0.3) is 0 Å². The summed E-state index contributed by atoms with van der Waals surface area (Å²) in [4.78, 5) is 25.2. The number of carbonyl (C=O) groups excluding carboxylic acids is 2. The predicted octanol–water partition coefficient (Wildman–Crippen LogP) is 2.42. The summed E-state index contributed by atoms with van der Waals surface area (Å²) < 4.78 is 18.2. The van der Waals surface area contributed by atoms with Crippen LogP contribution in [0.4, 0.5) is 4.39 Å². The number of rotatable bonds is 2. The maximum Gasteiger partial charge on any atom is 0.310 e. The van der Waals surface area contributed by atoms with Gasteiger partial charge in [0, 0.05) is 13.1 Å². The van der Waals surface area contributed by atoms with E-state index in [1.54, 1.807) is 6.92 Å². The van der Waals surface area contributed by atoms with Gasteiger partial charge in [-0.25, -0.2) is 4.39 Å². The van der Waals surface area contributed by atoms with Crippen LogP contribution in [0.15, 0.2) is 12.1 Å². The van der Waals surface area contributed by atoms with Gasteiger partial charge < -0.3 is 9.64 Å². The van der Waals surface area contributed by atoms with Gasteiger partial charge in [0.25, 0.3) is 5.91 Å². The molecule has 1 aromatic carbocycles. The van der Waals surface area contributed by atoms with Gasteiger partial charge in [-0.2, -0.15) is 0 Å². The van der Waals surface area contributed by atoms with E-state index in [0.29, 0.717) is 18.5 Å². The molecular formula is C14H15ClFNO3. The molecular weight excluding hydrogens is 285 g/mol. The Balaban J connectivity index is 2.17. The number of amides is 1. The van der Waals surface area contributed by atoms with E-state index in [2.05, 4.69) is 4.74 Å². The van der Waals surface area contributed by atoms with Gasteiger partial charge in [-0.15, -0.1) is 0 Å². The molecule has 1 saturated heterocycles. The summed E-state index contributed by atoms with van der Waals surface area (Å²) in [6, 6.07) is 2.57. The van der Waals surface area contributed by atoms with Gasteiger partial charge in [0.15, 0.2) is 0 Å². The first-order valence-corrected chi connectivity index (χ1v) is 6.64. The van der Waals surface area contributed by atoms with Crippen LogP contribution in [0.3, 0.4) is 0 Å². The number of carbonyl (C=O) groups is 2. The zero-order chi connectivity index (χ0) is 14.9. The quantitative estimate of drug-likeness (QED) is 0.788. The minimum atomic E-state index is -0.471. The third-order valence-electron chi connectivity index (χ3n) is 3.49. The van der Waals surface area contributed by atoms with E-state index >= 15 is 0 Å². The van der Waals surface area contributed by atoms with Crippen LogP contribution < -0.4 is 0 Å². The molecule has 0 radical (unpaired) electrons. The number of aryl methyl sites for hydroxylation is 1. The highest BCUT2D eigenvalue weighted by atomic mass is 35.5. The standard InChI is InChI=1S/C14H15ClFNO3/c1-8-5-11(15)10(6-12(8)16)13(18)17-4-3-9(7-17)14(19)20-2/h5-6,9H,3-4,7H2,1-2H3. The zero-order valence-corrected chi connectivity index (χ0v) is 12.0. The minimum absolute atomic E-state index is 0.125. The van der Waals surface area contributed by atoms with Crippen molar-refractivity contribution in [3.05, 3.63) is 34.1 Å². The molecule has 0 bridgehead atoms. The topological polar surface area (TPSA) is 46.6 Å². The summed E-state index contributed by atoms with van der Waals surface area (Å²) >= 11 is 6.00. The Morgan fingerprint density at radius 1 is 1.45 bits per heavy atom. The first-order valence-electron chi connectivity index (χ1n) is 6.26. The molecule has 6 heteroatoms. The fourth-order valence-electron chi connectivity index (χ4n) is 2.28. The van der Waals surface area contributed by atoms with Crippen molar-refractivity contribution < 1.29 is 18.7 Å². The van der Waals surface area contributed by atoms with Crippen molar-refractivity contribution in [2.75, 3.05) is 20.2 Å². The first kappa shape index (κ1) is 14.8. The van der Waals surface area contributed by atoms with E-state index in [9.17, 15) is 14.0 Å². The van der Waals surface area contributed by atoms with E-state index in [1.807, 2.05) is 0 Å². The number of ether oxygens (including phenoxy) is 1. The summed E-state index contributed by atoms with van der Waals surface area (Å²) in [6.45, 7) is 2.29. The molecule has 0 aromatic heterocycles. The minimum Gasteiger partial charge on any atom is -0.469 e. The lowest BCUT2D eigenvalue weighted by atomic mass is 10.1. The highest BCUT2D eigenvalue weighted by Crippen LogP contribution is 2.25. The van der Waals surface area contributed by atoms with Gasteiger partial charge in [0.2, 0.25) is 0 Å². The van der Waals surface area contributed by atoms with Crippen LogP contribution in [0.2, 0.25) is 5.02 Å². The molecule has 108 valence electrons. The van der Waals surface area contributed by atoms with Crippen molar-refractivity contribution in [1.82, 2.24) is 4.90 Å². The van der Waals surface area contributed by atoms with Crippen LogP contribution in [-0.2, 0) is 9.53 Å². The maximum atomic E-state index is 13.6. The fraction of sp³-hybridized carbons (Fsp3) is 0.429. The van der Waals surface area contributed by atoms with Crippen molar-refractivity contribution in [3.63, 3.8) is 0 Å². The molecule has 1 fully saturated rings. The normalized spacial score (nSPS) is 18.2. The molecule has 2 rings (SSSR count). The largest absolute Gasteiger partial charge is 0.469 e. The van der Waals surface area contributed by atoms with Gasteiger partial charge in [-0.3, -0.25) is 9.59 Å². The van der Waals surface area contributed by atoms with E-state index in [0.717, 1.165) is 6.07 Å². The van der Waals surface area contributed by atoms with Crippen LogP contribution in [0.1, 0.15) is 22.3 Å². The molecule has 1 heterocycles. The summed E-state index contributed by atoms with van der Waals surface area (Å²) in [5, 5.41) is 0.218.